The fraction of sp³-hybridized carbons (Fsp3) is 0.900. The summed E-state index contributed by atoms with van der Waals surface area (Å²) in [6.45, 7) is 1.80. The highest BCUT2D eigenvalue weighted by atomic mass is 16.3. The van der Waals surface area contributed by atoms with E-state index < -0.39 is 17.1 Å². The van der Waals surface area contributed by atoms with Crippen molar-refractivity contribution in [3.05, 3.63) is 0 Å². The number of hydrogen-bond acceptors (Lipinski definition) is 3. The van der Waals surface area contributed by atoms with E-state index in [1.165, 1.54) is 0 Å². The smallest absolute Gasteiger partial charge is 0.141 e. The van der Waals surface area contributed by atoms with Crippen molar-refractivity contribution in [2.24, 2.45) is 5.41 Å². The Kier molecular flexibility index (Phi) is 1.79. The Hall–Kier alpha value is -0.410. The predicted octanol–water partition coefficient (Wildman–Crippen LogP) is 0.632. The number of carbonyl (C=O) groups is 1. The first-order chi connectivity index (χ1) is 6.01. The van der Waals surface area contributed by atoms with Crippen LogP contribution in [0.5, 0.6) is 0 Å². The Morgan fingerprint density at radius 2 is 2.15 bits per heavy atom. The molecule has 3 atom stereocenters. The molecular weight excluding hydrogens is 168 g/mol. The third-order valence-corrected chi connectivity index (χ3v) is 4.01. The molecule has 0 saturated heterocycles. The molecule has 0 aromatic carbocycles. The van der Waals surface area contributed by atoms with E-state index in [1.54, 1.807) is 6.92 Å². The summed E-state index contributed by atoms with van der Waals surface area (Å²) in [7, 11) is 0. The summed E-state index contributed by atoms with van der Waals surface area (Å²) in [5.74, 6) is 0.119. The molecule has 0 heterocycles. The molecule has 0 amide bonds. The first kappa shape index (κ1) is 9.16. The first-order valence-corrected chi connectivity index (χ1v) is 4.94. The largest absolute Gasteiger partial charge is 0.390 e. The van der Waals surface area contributed by atoms with Crippen LogP contribution in [-0.2, 0) is 4.79 Å². The molecule has 2 aliphatic carbocycles. The molecule has 0 aromatic rings. The molecule has 0 radical (unpaired) electrons. The topological polar surface area (TPSA) is 57.5 Å². The zero-order chi connectivity index (χ0) is 9.69. The van der Waals surface area contributed by atoms with Crippen LogP contribution in [0.1, 0.15) is 39.0 Å². The first-order valence-electron chi connectivity index (χ1n) is 4.94. The van der Waals surface area contributed by atoms with Crippen molar-refractivity contribution in [3.63, 3.8) is 0 Å². The third-order valence-electron chi connectivity index (χ3n) is 4.01. The highest BCUT2D eigenvalue weighted by molar-refractivity contribution is 5.88. The Morgan fingerprint density at radius 1 is 1.46 bits per heavy atom. The average Bonchev–Trinajstić information content (AvgIpc) is 2.31. The van der Waals surface area contributed by atoms with E-state index in [1.807, 2.05) is 0 Å². The maximum atomic E-state index is 11.6. The lowest BCUT2D eigenvalue weighted by molar-refractivity contribution is -0.169. The van der Waals surface area contributed by atoms with Gasteiger partial charge in [0.25, 0.3) is 0 Å². The number of carbonyl (C=O) groups excluding carboxylic acids is 1. The molecule has 2 saturated carbocycles. The quantitative estimate of drug-likeness (QED) is 0.580. The fourth-order valence-electron chi connectivity index (χ4n) is 2.88. The lowest BCUT2D eigenvalue weighted by Gasteiger charge is -2.45. The second-order valence-electron chi connectivity index (χ2n) is 4.59. The molecule has 0 aromatic heterocycles. The van der Waals surface area contributed by atoms with Crippen LogP contribution in [0.3, 0.4) is 0 Å². The third kappa shape index (κ3) is 0.945. The minimum atomic E-state index is -1.14. The number of Topliss-reactive ketones (excluding diaryl/α,β-unsaturated/α-hetero) is 1. The van der Waals surface area contributed by atoms with Gasteiger partial charge >= 0.3 is 0 Å². The fourth-order valence-corrected chi connectivity index (χ4v) is 2.88. The SMILES string of the molecule is C[C@@]12CCC[C@@H](O)[C@]1(O)CCC2=O. The van der Waals surface area contributed by atoms with Gasteiger partial charge < -0.3 is 10.2 Å². The van der Waals surface area contributed by atoms with E-state index in [2.05, 4.69) is 0 Å². The standard InChI is InChI=1S/C10H16O3/c1-9-5-2-3-8(12)10(9,13)6-4-7(9)11/h8,12-13H,2-6H2,1H3/t8-,9+,10-/m1/s1. The predicted molar refractivity (Wildman–Crippen MR) is 47.2 cm³/mol. The molecule has 0 bridgehead atoms. The number of hydrogen-bond donors (Lipinski definition) is 2. The van der Waals surface area contributed by atoms with Crippen molar-refractivity contribution in [1.82, 2.24) is 0 Å². The van der Waals surface area contributed by atoms with Crippen molar-refractivity contribution >= 4 is 5.78 Å². The van der Waals surface area contributed by atoms with Gasteiger partial charge in [0, 0.05) is 6.42 Å². The van der Waals surface area contributed by atoms with Crippen molar-refractivity contribution in [1.29, 1.82) is 0 Å². The van der Waals surface area contributed by atoms with E-state index >= 15 is 0 Å². The highest BCUT2D eigenvalue weighted by Crippen LogP contribution is 2.52. The average molecular weight is 184 g/mol. The van der Waals surface area contributed by atoms with Gasteiger partial charge in [-0.3, -0.25) is 4.79 Å². The van der Waals surface area contributed by atoms with Crippen LogP contribution in [0, 0.1) is 5.41 Å². The van der Waals surface area contributed by atoms with Gasteiger partial charge in [-0.05, 0) is 32.6 Å². The van der Waals surface area contributed by atoms with Gasteiger partial charge in [0.2, 0.25) is 0 Å². The van der Waals surface area contributed by atoms with Crippen LogP contribution in [-0.4, -0.2) is 27.7 Å². The summed E-state index contributed by atoms with van der Waals surface area (Å²) in [5, 5.41) is 20.0. The molecule has 0 unspecified atom stereocenters. The summed E-state index contributed by atoms with van der Waals surface area (Å²) < 4.78 is 0. The number of rotatable bonds is 0. The van der Waals surface area contributed by atoms with Crippen LogP contribution in [0.25, 0.3) is 0 Å². The Balaban J connectivity index is 2.40. The highest BCUT2D eigenvalue weighted by Gasteiger charge is 2.61. The molecular formula is C10H16O3. The van der Waals surface area contributed by atoms with Gasteiger partial charge in [-0.2, -0.15) is 0 Å². The summed E-state index contributed by atoms with van der Waals surface area (Å²) in [5.41, 5.74) is -1.81. The summed E-state index contributed by atoms with van der Waals surface area (Å²) in [6, 6.07) is 0. The lowest BCUT2D eigenvalue weighted by Crippen LogP contribution is -2.56. The zero-order valence-corrected chi connectivity index (χ0v) is 7.92. The van der Waals surface area contributed by atoms with Crippen LogP contribution < -0.4 is 0 Å². The molecule has 2 aliphatic rings. The minimum Gasteiger partial charge on any atom is -0.390 e. The molecule has 0 aliphatic heterocycles. The Bertz CT molecular complexity index is 251. The Labute approximate surface area is 77.8 Å². The zero-order valence-electron chi connectivity index (χ0n) is 7.92. The monoisotopic (exact) mass is 184 g/mol. The van der Waals surface area contributed by atoms with Crippen LogP contribution >= 0.6 is 0 Å². The molecule has 3 nitrogen and oxygen atoms in total. The number of ketones is 1. The molecule has 2 fully saturated rings. The molecule has 2 N–H and O–H groups in total. The summed E-state index contributed by atoms with van der Waals surface area (Å²) >= 11 is 0. The van der Waals surface area contributed by atoms with Crippen molar-refractivity contribution < 1.29 is 15.0 Å². The van der Waals surface area contributed by atoms with E-state index in [4.69, 9.17) is 0 Å². The minimum absolute atomic E-state index is 0.119. The van der Waals surface area contributed by atoms with Gasteiger partial charge in [-0.15, -0.1) is 0 Å². The molecule has 74 valence electrons. The van der Waals surface area contributed by atoms with E-state index in [9.17, 15) is 15.0 Å². The van der Waals surface area contributed by atoms with Gasteiger partial charge in [-0.1, -0.05) is 0 Å². The van der Waals surface area contributed by atoms with Gasteiger partial charge in [-0.25, -0.2) is 0 Å². The van der Waals surface area contributed by atoms with Crippen molar-refractivity contribution in [2.45, 2.75) is 50.7 Å². The summed E-state index contributed by atoms with van der Waals surface area (Å²) in [6.07, 6.45) is 2.33. The van der Waals surface area contributed by atoms with Crippen LogP contribution in [0.2, 0.25) is 0 Å². The maximum absolute atomic E-state index is 11.6. The number of aliphatic hydroxyl groups excluding tert-OH is 1. The number of fused-ring (bicyclic) bond motifs is 1. The van der Waals surface area contributed by atoms with Crippen LogP contribution in [0.15, 0.2) is 0 Å². The molecule has 0 spiro atoms. The van der Waals surface area contributed by atoms with Gasteiger partial charge in [0.15, 0.2) is 0 Å². The Morgan fingerprint density at radius 3 is 2.77 bits per heavy atom. The lowest BCUT2D eigenvalue weighted by atomic mass is 9.64. The molecule has 2 rings (SSSR count). The van der Waals surface area contributed by atoms with Crippen molar-refractivity contribution in [3.8, 4) is 0 Å². The van der Waals surface area contributed by atoms with E-state index in [0.717, 1.165) is 12.8 Å². The van der Waals surface area contributed by atoms with Crippen LogP contribution in [0.4, 0.5) is 0 Å². The van der Waals surface area contributed by atoms with Gasteiger partial charge in [0.1, 0.15) is 11.4 Å². The van der Waals surface area contributed by atoms with E-state index in [0.29, 0.717) is 19.3 Å². The number of aliphatic hydroxyl groups is 2. The second-order valence-corrected chi connectivity index (χ2v) is 4.59. The normalized spacial score (nSPS) is 50.7. The van der Waals surface area contributed by atoms with Crippen molar-refractivity contribution in [2.75, 3.05) is 0 Å². The second kappa shape index (κ2) is 2.55. The van der Waals surface area contributed by atoms with Gasteiger partial charge in [0.05, 0.1) is 11.5 Å². The maximum Gasteiger partial charge on any atom is 0.141 e. The molecule has 3 heteroatoms. The van der Waals surface area contributed by atoms with E-state index in [-0.39, 0.29) is 5.78 Å². The summed E-state index contributed by atoms with van der Waals surface area (Å²) in [4.78, 5) is 11.6. The molecule has 13 heavy (non-hydrogen) atoms.